The minimum atomic E-state index is -0.537. The Balaban J connectivity index is 1.56. The van der Waals surface area contributed by atoms with Gasteiger partial charge in [-0.15, -0.1) is 0 Å². The molecule has 1 amide bonds. The van der Waals surface area contributed by atoms with Crippen molar-refractivity contribution >= 4 is 29.0 Å². The van der Waals surface area contributed by atoms with E-state index in [0.29, 0.717) is 54.2 Å². The largest absolute Gasteiger partial charge is 0.486 e. The number of nitrogens with zero attached hydrogens (tertiary/aromatic N) is 2. The summed E-state index contributed by atoms with van der Waals surface area (Å²) >= 11 is 5.91. The summed E-state index contributed by atoms with van der Waals surface area (Å²) in [6.07, 6.45) is 0. The van der Waals surface area contributed by atoms with E-state index in [-0.39, 0.29) is 0 Å². The van der Waals surface area contributed by atoms with Gasteiger partial charge in [-0.2, -0.15) is 0 Å². The third-order valence-corrected chi connectivity index (χ3v) is 4.64. The maximum atomic E-state index is 12.5. The van der Waals surface area contributed by atoms with Crippen LogP contribution in [0.4, 0.5) is 5.69 Å². The van der Waals surface area contributed by atoms with Crippen molar-refractivity contribution in [1.82, 2.24) is 4.90 Å². The summed E-state index contributed by atoms with van der Waals surface area (Å²) in [5, 5.41) is 0.678. The van der Waals surface area contributed by atoms with Crippen LogP contribution in [-0.2, 0) is 11.3 Å². The number of benzene rings is 2. The normalized spacial score (nSPS) is 15.6. The predicted octanol–water partition coefficient (Wildman–Crippen LogP) is 2.73. The standard InChI is InChI=1S/C19H17ClN2O4/c1-21(10-12-2-4-13(20)5-3-12)11-22-15-9-17-16(25-6-7-26-17)8-14(15)18(23)19(22)24/h2-5,8-9H,6-7,10-11H2,1H3. The monoisotopic (exact) mass is 372 g/mol. The van der Waals surface area contributed by atoms with Crippen LogP contribution in [0.1, 0.15) is 15.9 Å². The molecule has 2 aromatic carbocycles. The van der Waals surface area contributed by atoms with E-state index in [9.17, 15) is 9.59 Å². The smallest absolute Gasteiger partial charge is 0.300 e. The van der Waals surface area contributed by atoms with Crippen LogP contribution in [0.2, 0.25) is 5.02 Å². The number of fused-ring (bicyclic) bond motifs is 2. The van der Waals surface area contributed by atoms with Gasteiger partial charge in [-0.25, -0.2) is 0 Å². The van der Waals surface area contributed by atoms with Gasteiger partial charge in [0.15, 0.2) is 11.5 Å². The third-order valence-electron chi connectivity index (χ3n) is 4.38. The molecule has 6 nitrogen and oxygen atoms in total. The highest BCUT2D eigenvalue weighted by Crippen LogP contribution is 2.40. The fraction of sp³-hybridized carbons (Fsp3) is 0.263. The number of carbonyl (C=O) groups is 2. The molecule has 0 spiro atoms. The Labute approximate surface area is 155 Å². The quantitative estimate of drug-likeness (QED) is 0.772. The van der Waals surface area contributed by atoms with Crippen LogP contribution >= 0.6 is 11.6 Å². The van der Waals surface area contributed by atoms with Crippen LogP contribution in [0.15, 0.2) is 36.4 Å². The van der Waals surface area contributed by atoms with Gasteiger partial charge in [-0.1, -0.05) is 23.7 Å². The Bertz CT molecular complexity index is 882. The van der Waals surface area contributed by atoms with Crippen molar-refractivity contribution in [3.05, 3.63) is 52.5 Å². The van der Waals surface area contributed by atoms with E-state index >= 15 is 0 Å². The Morgan fingerprint density at radius 2 is 1.73 bits per heavy atom. The molecule has 0 bridgehead atoms. The number of hydrogen-bond acceptors (Lipinski definition) is 5. The summed E-state index contributed by atoms with van der Waals surface area (Å²) in [6, 6.07) is 10.8. The number of Topliss-reactive ketones (excluding diaryl/α,β-unsaturated/α-hetero) is 1. The molecule has 7 heteroatoms. The number of rotatable bonds is 4. The van der Waals surface area contributed by atoms with Crippen molar-refractivity contribution in [2.45, 2.75) is 6.54 Å². The van der Waals surface area contributed by atoms with Gasteiger partial charge in [-0.05, 0) is 30.8 Å². The van der Waals surface area contributed by atoms with Gasteiger partial charge in [0.25, 0.3) is 5.78 Å². The number of carbonyl (C=O) groups excluding carboxylic acids is 2. The molecule has 0 saturated carbocycles. The summed E-state index contributed by atoms with van der Waals surface area (Å²) in [4.78, 5) is 28.2. The number of ketones is 1. The van der Waals surface area contributed by atoms with Crippen molar-refractivity contribution in [2.75, 3.05) is 31.8 Å². The van der Waals surface area contributed by atoms with Crippen LogP contribution in [0.3, 0.4) is 0 Å². The lowest BCUT2D eigenvalue weighted by Gasteiger charge is -2.25. The summed E-state index contributed by atoms with van der Waals surface area (Å²) in [5.74, 6) is 0.0116. The molecule has 0 atom stereocenters. The zero-order valence-electron chi connectivity index (χ0n) is 14.2. The van der Waals surface area contributed by atoms with E-state index in [2.05, 4.69) is 0 Å². The Morgan fingerprint density at radius 3 is 2.42 bits per heavy atom. The molecule has 2 heterocycles. The van der Waals surface area contributed by atoms with Crippen molar-refractivity contribution in [1.29, 1.82) is 0 Å². The number of ether oxygens (including phenoxy) is 2. The van der Waals surface area contributed by atoms with Crippen LogP contribution in [0.5, 0.6) is 11.5 Å². The lowest BCUT2D eigenvalue weighted by Crippen LogP contribution is -2.38. The second-order valence-electron chi connectivity index (χ2n) is 6.36. The fourth-order valence-electron chi connectivity index (χ4n) is 3.16. The van der Waals surface area contributed by atoms with E-state index in [1.165, 1.54) is 4.90 Å². The lowest BCUT2D eigenvalue weighted by atomic mass is 10.1. The first kappa shape index (κ1) is 16.9. The zero-order valence-corrected chi connectivity index (χ0v) is 15.0. The van der Waals surface area contributed by atoms with E-state index in [4.69, 9.17) is 21.1 Å². The third kappa shape index (κ3) is 3.02. The van der Waals surface area contributed by atoms with E-state index < -0.39 is 11.7 Å². The van der Waals surface area contributed by atoms with E-state index in [1.807, 2.05) is 36.2 Å². The fourth-order valence-corrected chi connectivity index (χ4v) is 3.29. The maximum Gasteiger partial charge on any atom is 0.300 e. The highest BCUT2D eigenvalue weighted by molar-refractivity contribution is 6.52. The molecule has 0 radical (unpaired) electrons. The lowest BCUT2D eigenvalue weighted by molar-refractivity contribution is -0.114. The topological polar surface area (TPSA) is 59.1 Å². The van der Waals surface area contributed by atoms with Gasteiger partial charge in [0.05, 0.1) is 17.9 Å². The molecule has 0 N–H and O–H groups in total. The van der Waals surface area contributed by atoms with E-state index in [0.717, 1.165) is 5.56 Å². The molecule has 0 fully saturated rings. The molecule has 0 saturated heterocycles. The average Bonchev–Trinajstić information content (AvgIpc) is 2.86. The van der Waals surface area contributed by atoms with Gasteiger partial charge in [0, 0.05) is 17.6 Å². The first-order valence-electron chi connectivity index (χ1n) is 8.26. The zero-order chi connectivity index (χ0) is 18.3. The number of halogens is 1. The van der Waals surface area contributed by atoms with Crippen molar-refractivity contribution in [3.63, 3.8) is 0 Å². The molecule has 0 aromatic heterocycles. The maximum absolute atomic E-state index is 12.5. The van der Waals surface area contributed by atoms with E-state index in [1.54, 1.807) is 12.1 Å². The van der Waals surface area contributed by atoms with Crippen molar-refractivity contribution in [2.24, 2.45) is 0 Å². The first-order chi connectivity index (χ1) is 12.5. The van der Waals surface area contributed by atoms with Gasteiger partial charge >= 0.3 is 5.91 Å². The summed E-state index contributed by atoms with van der Waals surface area (Å²) in [6.45, 7) is 1.79. The van der Waals surface area contributed by atoms with Crippen LogP contribution in [-0.4, -0.2) is 43.5 Å². The molecule has 0 unspecified atom stereocenters. The first-order valence-corrected chi connectivity index (χ1v) is 8.63. The summed E-state index contributed by atoms with van der Waals surface area (Å²) in [7, 11) is 1.89. The molecule has 26 heavy (non-hydrogen) atoms. The minimum Gasteiger partial charge on any atom is -0.486 e. The number of amides is 1. The SMILES string of the molecule is CN(Cc1ccc(Cl)cc1)CN1C(=O)C(=O)c2cc3c(cc21)OCCO3. The molecule has 2 aromatic rings. The van der Waals surface area contributed by atoms with Gasteiger partial charge in [0.2, 0.25) is 0 Å². The molecule has 0 aliphatic carbocycles. The van der Waals surface area contributed by atoms with Crippen LogP contribution in [0.25, 0.3) is 0 Å². The van der Waals surface area contributed by atoms with Crippen LogP contribution in [0, 0.1) is 0 Å². The highest BCUT2D eigenvalue weighted by Gasteiger charge is 2.38. The summed E-state index contributed by atoms with van der Waals surface area (Å²) < 4.78 is 11.1. The predicted molar refractivity (Wildman–Crippen MR) is 97.0 cm³/mol. The Hall–Kier alpha value is -2.57. The molecule has 134 valence electrons. The van der Waals surface area contributed by atoms with Crippen LogP contribution < -0.4 is 14.4 Å². The number of anilines is 1. The molecular formula is C19H17ClN2O4. The second-order valence-corrected chi connectivity index (χ2v) is 6.79. The Kier molecular flexibility index (Phi) is 4.30. The van der Waals surface area contributed by atoms with Gasteiger partial charge in [0.1, 0.15) is 13.2 Å². The summed E-state index contributed by atoms with van der Waals surface area (Å²) in [5.41, 5.74) is 1.99. The molecule has 4 rings (SSSR count). The van der Waals surface area contributed by atoms with Gasteiger partial charge < -0.3 is 9.47 Å². The minimum absolute atomic E-state index is 0.292. The van der Waals surface area contributed by atoms with Crippen molar-refractivity contribution < 1.29 is 19.1 Å². The Morgan fingerprint density at radius 1 is 1.08 bits per heavy atom. The highest BCUT2D eigenvalue weighted by atomic mass is 35.5. The molecule has 2 aliphatic heterocycles. The van der Waals surface area contributed by atoms with Gasteiger partial charge in [-0.3, -0.25) is 19.4 Å². The number of hydrogen-bond donors (Lipinski definition) is 0. The molecule has 2 aliphatic rings. The van der Waals surface area contributed by atoms with Crippen molar-refractivity contribution in [3.8, 4) is 11.5 Å². The average molecular weight is 373 g/mol. The second kappa shape index (κ2) is 6.63. The molecular weight excluding hydrogens is 356 g/mol.